The number of rotatable bonds is 9. The zero-order valence-electron chi connectivity index (χ0n) is 12.6. The van der Waals surface area contributed by atoms with Crippen molar-refractivity contribution in [1.82, 2.24) is 0 Å². The molecule has 21 heavy (non-hydrogen) atoms. The second kappa shape index (κ2) is 8.27. The highest BCUT2D eigenvalue weighted by Gasteiger charge is 2.15. The number of Topliss-reactive ketones (excluding diaryl/α,β-unsaturated/α-hetero) is 1. The normalized spacial score (nSPS) is 11.8. The fraction of sp³-hybridized carbons (Fsp3) is 0.562. The van der Waals surface area contributed by atoms with Gasteiger partial charge in [0, 0.05) is 12.8 Å². The van der Waals surface area contributed by atoms with Gasteiger partial charge < -0.3 is 0 Å². The molecule has 0 fully saturated rings. The molecule has 0 atom stereocenters. The minimum absolute atomic E-state index is 0.0623. The van der Waals surface area contributed by atoms with Crippen LogP contribution < -0.4 is 0 Å². The lowest BCUT2D eigenvalue weighted by atomic mass is 10.0. The molecule has 0 heterocycles. The largest absolute Gasteiger partial charge is 0.299 e. The lowest BCUT2D eigenvalue weighted by Crippen LogP contribution is -2.17. The molecule has 0 aliphatic rings. The van der Waals surface area contributed by atoms with Gasteiger partial charge in [0.15, 0.2) is 9.84 Å². The van der Waals surface area contributed by atoms with Crippen molar-refractivity contribution in [1.29, 1.82) is 0 Å². The van der Waals surface area contributed by atoms with Crippen LogP contribution in [0.3, 0.4) is 0 Å². The highest BCUT2D eigenvalue weighted by Crippen LogP contribution is 2.10. The highest BCUT2D eigenvalue weighted by molar-refractivity contribution is 7.91. The summed E-state index contributed by atoms with van der Waals surface area (Å²) in [5.41, 5.74) is 0.683. The summed E-state index contributed by atoms with van der Waals surface area (Å²) in [4.78, 5) is 11.8. The van der Waals surface area contributed by atoms with E-state index in [2.05, 4.69) is 0 Å². The highest BCUT2D eigenvalue weighted by atomic mass is 32.2. The maximum Gasteiger partial charge on any atom is 0.152 e. The Morgan fingerprint density at radius 1 is 1.19 bits per heavy atom. The first-order valence-electron chi connectivity index (χ1n) is 7.29. The third-order valence-corrected chi connectivity index (χ3v) is 5.69. The zero-order chi connectivity index (χ0) is 15.9. The van der Waals surface area contributed by atoms with Gasteiger partial charge in [-0.1, -0.05) is 18.6 Å². The smallest absolute Gasteiger partial charge is 0.152 e. The fourth-order valence-corrected chi connectivity index (χ4v) is 3.08. The van der Waals surface area contributed by atoms with Gasteiger partial charge in [-0.2, -0.15) is 0 Å². The summed E-state index contributed by atoms with van der Waals surface area (Å²) < 4.78 is 36.2. The second-order valence-electron chi connectivity index (χ2n) is 5.57. The van der Waals surface area contributed by atoms with E-state index in [-0.39, 0.29) is 29.0 Å². The first-order chi connectivity index (χ1) is 9.81. The Kier molecular flexibility index (Phi) is 7.02. The summed E-state index contributed by atoms with van der Waals surface area (Å²) >= 11 is 0. The molecule has 0 radical (unpaired) electrons. The number of ketones is 1. The standard InChI is InChI=1S/C16H23FO3S/c1-13(2)21(19,20)10-5-3-4-9-16(18)12-14-7-6-8-15(17)11-14/h6-8,11,13H,3-5,9-10,12H2,1-2H3. The molecule has 3 nitrogen and oxygen atoms in total. The molecule has 0 unspecified atom stereocenters. The van der Waals surface area contributed by atoms with Crippen LogP contribution in [0.5, 0.6) is 0 Å². The second-order valence-corrected chi connectivity index (χ2v) is 8.25. The summed E-state index contributed by atoms with van der Waals surface area (Å²) in [5.74, 6) is -0.0885. The minimum atomic E-state index is -2.98. The van der Waals surface area contributed by atoms with Crippen molar-refractivity contribution in [2.24, 2.45) is 0 Å². The van der Waals surface area contributed by atoms with E-state index in [4.69, 9.17) is 0 Å². The van der Waals surface area contributed by atoms with Crippen molar-refractivity contribution in [2.45, 2.75) is 51.2 Å². The maximum atomic E-state index is 13.0. The predicted octanol–water partition coefficient (Wildman–Crippen LogP) is 3.32. The number of sulfone groups is 1. The molecule has 0 aliphatic heterocycles. The van der Waals surface area contributed by atoms with Gasteiger partial charge in [0.25, 0.3) is 0 Å². The lowest BCUT2D eigenvalue weighted by molar-refractivity contribution is -0.118. The molecule has 1 aromatic carbocycles. The van der Waals surface area contributed by atoms with Crippen LogP contribution in [0.15, 0.2) is 24.3 Å². The molecule has 5 heteroatoms. The molecule has 0 N–H and O–H groups in total. The van der Waals surface area contributed by atoms with Crippen molar-refractivity contribution < 1.29 is 17.6 Å². The third-order valence-electron chi connectivity index (χ3n) is 3.39. The van der Waals surface area contributed by atoms with Gasteiger partial charge in [-0.15, -0.1) is 0 Å². The van der Waals surface area contributed by atoms with Gasteiger partial charge in [0.1, 0.15) is 11.6 Å². The molecule has 1 aromatic rings. The number of unbranched alkanes of at least 4 members (excludes halogenated alkanes) is 2. The molecule has 0 aliphatic carbocycles. The van der Waals surface area contributed by atoms with E-state index in [1.807, 2.05) is 0 Å². The summed E-state index contributed by atoms with van der Waals surface area (Å²) in [6.45, 7) is 3.36. The third kappa shape index (κ3) is 6.85. The van der Waals surface area contributed by atoms with E-state index in [9.17, 15) is 17.6 Å². The molecule has 0 bridgehead atoms. The van der Waals surface area contributed by atoms with Gasteiger partial charge in [0.2, 0.25) is 0 Å². The Morgan fingerprint density at radius 3 is 2.52 bits per heavy atom. The van der Waals surface area contributed by atoms with Crippen molar-refractivity contribution in [3.63, 3.8) is 0 Å². The first-order valence-corrected chi connectivity index (χ1v) is 9.00. The predicted molar refractivity (Wildman–Crippen MR) is 82.5 cm³/mol. The van der Waals surface area contributed by atoms with Gasteiger partial charge in [-0.3, -0.25) is 4.79 Å². The van der Waals surface area contributed by atoms with Crippen LogP contribution in [0.25, 0.3) is 0 Å². The number of benzene rings is 1. The Morgan fingerprint density at radius 2 is 1.90 bits per heavy atom. The summed E-state index contributed by atoms with van der Waals surface area (Å²) in [6, 6.07) is 6.04. The van der Waals surface area contributed by atoms with Crippen LogP contribution in [0.4, 0.5) is 4.39 Å². The van der Waals surface area contributed by atoms with Crippen molar-refractivity contribution >= 4 is 15.6 Å². The van der Waals surface area contributed by atoms with Crippen LogP contribution in [0.2, 0.25) is 0 Å². The minimum Gasteiger partial charge on any atom is -0.299 e. The van der Waals surface area contributed by atoms with Crippen LogP contribution in [0, 0.1) is 5.82 Å². The van der Waals surface area contributed by atoms with E-state index in [1.165, 1.54) is 12.1 Å². The number of hydrogen-bond acceptors (Lipinski definition) is 3. The van der Waals surface area contributed by atoms with Crippen LogP contribution in [-0.2, 0) is 21.1 Å². The van der Waals surface area contributed by atoms with Crippen LogP contribution >= 0.6 is 0 Å². The Balaban J connectivity index is 2.23. The average Bonchev–Trinajstić information content (AvgIpc) is 2.38. The van der Waals surface area contributed by atoms with Gasteiger partial charge in [-0.05, 0) is 44.4 Å². The molecule has 0 aromatic heterocycles. The lowest BCUT2D eigenvalue weighted by Gasteiger charge is -2.07. The van der Waals surface area contributed by atoms with Crippen molar-refractivity contribution in [2.75, 3.05) is 5.75 Å². The van der Waals surface area contributed by atoms with Crippen molar-refractivity contribution in [3.05, 3.63) is 35.6 Å². The van der Waals surface area contributed by atoms with Gasteiger partial charge >= 0.3 is 0 Å². The average molecular weight is 314 g/mol. The van der Waals surface area contributed by atoms with Gasteiger partial charge in [-0.25, -0.2) is 12.8 Å². The fourth-order valence-electron chi connectivity index (χ4n) is 2.00. The molecule has 0 amide bonds. The van der Waals surface area contributed by atoms with E-state index in [1.54, 1.807) is 26.0 Å². The van der Waals surface area contributed by atoms with E-state index < -0.39 is 9.84 Å². The molecule has 118 valence electrons. The monoisotopic (exact) mass is 314 g/mol. The van der Waals surface area contributed by atoms with Crippen molar-refractivity contribution in [3.8, 4) is 0 Å². The SMILES string of the molecule is CC(C)S(=O)(=O)CCCCCC(=O)Cc1cccc(F)c1. The molecule has 0 saturated heterocycles. The first kappa shape index (κ1) is 17.8. The quantitative estimate of drug-likeness (QED) is 0.657. The molecule has 0 saturated carbocycles. The topological polar surface area (TPSA) is 51.2 Å². The Bertz CT molecular complexity index is 565. The summed E-state index contributed by atoms with van der Waals surface area (Å²) in [6.07, 6.45) is 2.65. The van der Waals surface area contributed by atoms with Gasteiger partial charge in [0.05, 0.1) is 11.0 Å². The van der Waals surface area contributed by atoms with E-state index in [0.29, 0.717) is 24.8 Å². The number of halogens is 1. The number of hydrogen-bond donors (Lipinski definition) is 0. The Hall–Kier alpha value is -1.23. The van der Waals surface area contributed by atoms with E-state index >= 15 is 0 Å². The number of carbonyl (C=O) groups is 1. The maximum absolute atomic E-state index is 13.0. The van der Waals surface area contributed by atoms with E-state index in [0.717, 1.165) is 6.42 Å². The van der Waals surface area contributed by atoms with Crippen LogP contribution in [-0.4, -0.2) is 25.2 Å². The van der Waals surface area contributed by atoms with Crippen LogP contribution in [0.1, 0.15) is 45.1 Å². The molecule has 0 spiro atoms. The Labute approximate surface area is 126 Å². The zero-order valence-corrected chi connectivity index (χ0v) is 13.5. The number of carbonyl (C=O) groups excluding carboxylic acids is 1. The molecular formula is C16H23FO3S. The molecule has 1 rings (SSSR count). The summed E-state index contributed by atoms with van der Waals surface area (Å²) in [7, 11) is -2.98. The summed E-state index contributed by atoms with van der Waals surface area (Å²) in [5, 5.41) is -0.341. The molecular weight excluding hydrogens is 291 g/mol.